The van der Waals surface area contributed by atoms with E-state index in [1.807, 2.05) is 38.1 Å². The summed E-state index contributed by atoms with van der Waals surface area (Å²) >= 11 is 0. The van der Waals surface area contributed by atoms with Gasteiger partial charge in [0.15, 0.2) is 0 Å². The van der Waals surface area contributed by atoms with Crippen LogP contribution in [0.1, 0.15) is 83.4 Å². The van der Waals surface area contributed by atoms with Crippen molar-refractivity contribution >= 4 is 18.4 Å². The second kappa shape index (κ2) is 15.9. The molecule has 1 atom stereocenters. The van der Waals surface area contributed by atoms with Crippen LogP contribution in [0.2, 0.25) is 0 Å². The number of rotatable bonds is 12. The van der Waals surface area contributed by atoms with E-state index in [0.717, 1.165) is 36.9 Å². The molecule has 34 heavy (non-hydrogen) atoms. The van der Waals surface area contributed by atoms with Crippen molar-refractivity contribution in [3.63, 3.8) is 0 Å². The molecule has 0 amide bonds. The topological polar surface area (TPSA) is 81.3 Å². The summed E-state index contributed by atoms with van der Waals surface area (Å²) < 4.78 is 5.79. The van der Waals surface area contributed by atoms with Crippen LogP contribution in [0.4, 0.5) is 0 Å². The Morgan fingerprint density at radius 2 is 1.56 bits per heavy atom. The first kappa shape index (κ1) is 32.1. The van der Waals surface area contributed by atoms with Crippen LogP contribution in [-0.4, -0.2) is 40.1 Å². The maximum Gasteiger partial charge on any atom is 0.313 e. The first-order valence-electron chi connectivity index (χ1n) is 12.0. The molecule has 0 unspecified atom stereocenters. The van der Waals surface area contributed by atoms with E-state index in [4.69, 9.17) is 4.74 Å². The van der Waals surface area contributed by atoms with Gasteiger partial charge in [-0.1, -0.05) is 56.7 Å². The van der Waals surface area contributed by atoms with E-state index >= 15 is 0 Å². The van der Waals surface area contributed by atoms with E-state index in [9.17, 15) is 9.90 Å². The van der Waals surface area contributed by atoms with Gasteiger partial charge in [0.25, 0.3) is 0 Å². The molecule has 0 spiro atoms. The molecule has 2 aromatic rings. The SMILES string of the molecule is CC(C)C(=O)Oc1ccc(CO)cc1[C@H](CCCCN(C(C)C)C(C)C)c1ccccc1.Cl.O. The molecule has 192 valence electrons. The standard InChI is InChI=1S/C28H41NO3.ClH.H2O/c1-20(2)28(31)32-27-16-15-23(19-30)18-26(27)25(24-12-8-7-9-13-24)14-10-11-17-29(21(3)4)22(5)6;;/h7-9,12-13,15-16,18,20-22,25,30H,10-11,14,17,19H2,1-6H3;1H;1H2/t25-;;/m1../s1. The van der Waals surface area contributed by atoms with Gasteiger partial charge in [-0.3, -0.25) is 9.69 Å². The molecular weight excluding hydrogens is 450 g/mol. The normalized spacial score (nSPS) is 12.0. The molecule has 0 radical (unpaired) electrons. The van der Waals surface area contributed by atoms with Crippen molar-refractivity contribution in [3.05, 3.63) is 65.2 Å². The van der Waals surface area contributed by atoms with Crippen molar-refractivity contribution < 1.29 is 20.1 Å². The number of benzene rings is 2. The van der Waals surface area contributed by atoms with Crippen molar-refractivity contribution in [3.8, 4) is 5.75 Å². The number of ether oxygens (including phenoxy) is 1. The highest BCUT2D eigenvalue weighted by atomic mass is 35.5. The van der Waals surface area contributed by atoms with E-state index in [2.05, 4.69) is 56.9 Å². The minimum atomic E-state index is -0.237. The molecular formula is C28H44ClNO4. The number of carbonyl (C=O) groups is 1. The van der Waals surface area contributed by atoms with E-state index in [-0.39, 0.29) is 42.3 Å². The Morgan fingerprint density at radius 3 is 2.09 bits per heavy atom. The smallest absolute Gasteiger partial charge is 0.313 e. The van der Waals surface area contributed by atoms with Gasteiger partial charge in [-0.15, -0.1) is 12.4 Å². The maximum atomic E-state index is 12.4. The lowest BCUT2D eigenvalue weighted by atomic mass is 9.85. The molecule has 5 nitrogen and oxygen atoms in total. The van der Waals surface area contributed by atoms with Crippen LogP contribution in [0.5, 0.6) is 5.75 Å². The summed E-state index contributed by atoms with van der Waals surface area (Å²) in [7, 11) is 0. The zero-order valence-corrected chi connectivity index (χ0v) is 22.4. The van der Waals surface area contributed by atoms with Crippen molar-refractivity contribution in [2.24, 2.45) is 5.92 Å². The number of esters is 1. The number of nitrogens with zero attached hydrogens (tertiary/aromatic N) is 1. The van der Waals surface area contributed by atoms with Crippen LogP contribution >= 0.6 is 12.4 Å². The average Bonchev–Trinajstić information content (AvgIpc) is 2.76. The molecule has 0 aliphatic heterocycles. The summed E-state index contributed by atoms with van der Waals surface area (Å²) in [5, 5.41) is 9.74. The number of unbranched alkanes of at least 4 members (excludes halogenated alkanes) is 1. The highest BCUT2D eigenvalue weighted by Gasteiger charge is 2.22. The maximum absolute atomic E-state index is 12.4. The largest absolute Gasteiger partial charge is 0.426 e. The first-order chi connectivity index (χ1) is 15.2. The molecule has 0 heterocycles. The van der Waals surface area contributed by atoms with Crippen LogP contribution in [0.25, 0.3) is 0 Å². The third-order valence-corrected chi connectivity index (χ3v) is 6.00. The fourth-order valence-corrected chi connectivity index (χ4v) is 4.23. The first-order valence-corrected chi connectivity index (χ1v) is 12.0. The Balaban J connectivity index is 0.00000544. The minimum Gasteiger partial charge on any atom is -0.426 e. The van der Waals surface area contributed by atoms with Gasteiger partial charge in [0, 0.05) is 23.6 Å². The van der Waals surface area contributed by atoms with Crippen LogP contribution in [0.3, 0.4) is 0 Å². The predicted octanol–water partition coefficient (Wildman–Crippen LogP) is 5.76. The molecule has 0 bridgehead atoms. The number of aliphatic hydroxyl groups excluding tert-OH is 1. The molecule has 2 aromatic carbocycles. The zero-order valence-electron chi connectivity index (χ0n) is 21.6. The molecule has 0 saturated heterocycles. The summed E-state index contributed by atoms with van der Waals surface area (Å²) in [6.45, 7) is 13.7. The van der Waals surface area contributed by atoms with E-state index in [1.54, 1.807) is 0 Å². The average molecular weight is 494 g/mol. The summed E-state index contributed by atoms with van der Waals surface area (Å²) in [4.78, 5) is 14.9. The Bertz CT molecular complexity index is 832. The Morgan fingerprint density at radius 1 is 0.941 bits per heavy atom. The third kappa shape index (κ3) is 9.38. The number of halogens is 1. The second-order valence-electron chi connectivity index (χ2n) is 9.49. The van der Waals surface area contributed by atoms with Gasteiger partial charge in [0.1, 0.15) is 5.75 Å². The number of carbonyl (C=O) groups excluding carboxylic acids is 1. The van der Waals surface area contributed by atoms with Gasteiger partial charge in [-0.2, -0.15) is 0 Å². The Hall–Kier alpha value is -1.92. The molecule has 0 aliphatic rings. The summed E-state index contributed by atoms with van der Waals surface area (Å²) in [6.07, 6.45) is 3.13. The predicted molar refractivity (Wildman–Crippen MR) is 143 cm³/mol. The Kier molecular flexibility index (Phi) is 15.0. The molecule has 0 aliphatic carbocycles. The summed E-state index contributed by atoms with van der Waals surface area (Å²) in [5.41, 5.74) is 3.01. The minimum absolute atomic E-state index is 0. The van der Waals surface area contributed by atoms with E-state index in [0.29, 0.717) is 17.8 Å². The lowest BCUT2D eigenvalue weighted by Crippen LogP contribution is -2.37. The quantitative estimate of drug-likeness (QED) is 0.231. The second-order valence-corrected chi connectivity index (χ2v) is 9.49. The number of hydrogen-bond donors (Lipinski definition) is 1. The highest BCUT2D eigenvalue weighted by molar-refractivity contribution is 5.85. The van der Waals surface area contributed by atoms with Gasteiger partial charge in [0.2, 0.25) is 0 Å². The number of aliphatic hydroxyl groups is 1. The van der Waals surface area contributed by atoms with E-state index in [1.165, 1.54) is 5.56 Å². The molecule has 0 saturated carbocycles. The van der Waals surface area contributed by atoms with E-state index < -0.39 is 0 Å². The molecule has 2 rings (SSSR count). The van der Waals surface area contributed by atoms with Gasteiger partial charge in [-0.25, -0.2) is 0 Å². The van der Waals surface area contributed by atoms with Crippen molar-refractivity contribution in [1.29, 1.82) is 0 Å². The van der Waals surface area contributed by atoms with Crippen LogP contribution < -0.4 is 4.74 Å². The third-order valence-electron chi connectivity index (χ3n) is 6.00. The zero-order chi connectivity index (χ0) is 23.7. The van der Waals surface area contributed by atoms with Gasteiger partial charge < -0.3 is 15.3 Å². The fourth-order valence-electron chi connectivity index (χ4n) is 4.23. The van der Waals surface area contributed by atoms with Crippen molar-refractivity contribution in [1.82, 2.24) is 4.90 Å². The van der Waals surface area contributed by atoms with Gasteiger partial charge >= 0.3 is 5.97 Å². The fraction of sp³-hybridized carbons (Fsp3) is 0.536. The molecule has 0 fully saturated rings. The van der Waals surface area contributed by atoms with Crippen molar-refractivity contribution in [2.45, 2.75) is 85.4 Å². The lowest BCUT2D eigenvalue weighted by molar-refractivity contribution is -0.137. The lowest BCUT2D eigenvalue weighted by Gasteiger charge is -2.30. The Labute approximate surface area is 212 Å². The monoisotopic (exact) mass is 493 g/mol. The molecule has 6 heteroatoms. The highest BCUT2D eigenvalue weighted by Crippen LogP contribution is 2.37. The summed E-state index contributed by atoms with van der Waals surface area (Å²) in [5.74, 6) is 0.262. The van der Waals surface area contributed by atoms with Crippen LogP contribution in [0.15, 0.2) is 48.5 Å². The van der Waals surface area contributed by atoms with Crippen LogP contribution in [0, 0.1) is 5.92 Å². The van der Waals surface area contributed by atoms with Crippen LogP contribution in [-0.2, 0) is 11.4 Å². The van der Waals surface area contributed by atoms with Gasteiger partial charge in [-0.05, 0) is 70.3 Å². The molecule has 0 aromatic heterocycles. The van der Waals surface area contributed by atoms with Gasteiger partial charge in [0.05, 0.1) is 12.5 Å². The number of hydrogen-bond acceptors (Lipinski definition) is 4. The molecule has 3 N–H and O–H groups in total. The van der Waals surface area contributed by atoms with Crippen molar-refractivity contribution in [2.75, 3.05) is 6.54 Å². The summed E-state index contributed by atoms with van der Waals surface area (Å²) in [6, 6.07) is 17.1.